The van der Waals surface area contributed by atoms with Gasteiger partial charge in [0.15, 0.2) is 15.6 Å². The molecule has 0 radical (unpaired) electrons. The molecule has 6 nitrogen and oxygen atoms in total. The first-order valence-corrected chi connectivity index (χ1v) is 14.3. The topological polar surface area (TPSA) is 89.5 Å². The van der Waals surface area contributed by atoms with Gasteiger partial charge in [0.1, 0.15) is 5.75 Å². The Morgan fingerprint density at radius 2 is 1.68 bits per heavy atom. The van der Waals surface area contributed by atoms with Gasteiger partial charge in [-0.15, -0.1) is 0 Å². The van der Waals surface area contributed by atoms with E-state index >= 15 is 0 Å². The molecule has 1 unspecified atom stereocenters. The van der Waals surface area contributed by atoms with Crippen LogP contribution in [0.2, 0.25) is 0 Å². The highest BCUT2D eigenvalue weighted by molar-refractivity contribution is 7.90. The molecule has 1 amide bonds. The van der Waals surface area contributed by atoms with Crippen molar-refractivity contribution in [1.29, 1.82) is 0 Å². The van der Waals surface area contributed by atoms with Crippen LogP contribution >= 0.6 is 0 Å². The molecule has 0 fully saturated rings. The second-order valence-electron chi connectivity index (χ2n) is 10.8. The number of carbonyl (C=O) groups is 2. The lowest BCUT2D eigenvalue weighted by molar-refractivity contribution is 0.0861. The summed E-state index contributed by atoms with van der Waals surface area (Å²) in [6, 6.07) is 13.9. The van der Waals surface area contributed by atoms with Gasteiger partial charge in [-0.05, 0) is 77.9 Å². The summed E-state index contributed by atoms with van der Waals surface area (Å²) in [6.07, 6.45) is 2.47. The van der Waals surface area contributed by atoms with Crippen LogP contribution in [0, 0.1) is 19.3 Å². The zero-order valence-electron chi connectivity index (χ0n) is 21.8. The number of hydrogen-bond acceptors (Lipinski definition) is 5. The van der Waals surface area contributed by atoms with E-state index in [1.54, 1.807) is 24.3 Å². The van der Waals surface area contributed by atoms with Crippen LogP contribution in [0.25, 0.3) is 0 Å². The fraction of sp³-hybridized carbons (Fsp3) is 0.333. The van der Waals surface area contributed by atoms with E-state index in [2.05, 4.69) is 5.32 Å². The van der Waals surface area contributed by atoms with Gasteiger partial charge in [0.25, 0.3) is 5.91 Å². The highest BCUT2D eigenvalue weighted by Crippen LogP contribution is 2.41. The molecule has 1 aliphatic heterocycles. The van der Waals surface area contributed by atoms with Gasteiger partial charge in [0.05, 0.1) is 17.5 Å². The Bertz CT molecular complexity index is 1550. The van der Waals surface area contributed by atoms with Gasteiger partial charge in [-0.3, -0.25) is 9.59 Å². The minimum atomic E-state index is -3.35. The Balaban J connectivity index is 1.58. The number of amides is 1. The number of fused-ring (bicyclic) bond motifs is 2. The lowest BCUT2D eigenvalue weighted by atomic mass is 9.88. The van der Waals surface area contributed by atoms with Crippen molar-refractivity contribution >= 4 is 21.5 Å². The van der Waals surface area contributed by atoms with Crippen molar-refractivity contribution in [3.05, 3.63) is 93.0 Å². The average molecular weight is 518 g/mol. The van der Waals surface area contributed by atoms with Crippen LogP contribution in [-0.2, 0) is 22.7 Å². The van der Waals surface area contributed by atoms with Crippen LogP contribution in [0.1, 0.15) is 74.0 Å². The molecule has 0 bridgehead atoms. The van der Waals surface area contributed by atoms with E-state index in [0.717, 1.165) is 45.6 Å². The Morgan fingerprint density at radius 3 is 2.35 bits per heavy atom. The normalized spacial score (nSPS) is 16.6. The molecule has 1 heterocycles. The first kappa shape index (κ1) is 25.2. The van der Waals surface area contributed by atoms with E-state index in [0.29, 0.717) is 24.2 Å². The molecule has 1 aliphatic carbocycles. The SMILES string of the molecule is Cc1cc(C)c2c(c1C(=O)NC(c1ccc(S(C)(=O)=O)cc1)c1ccc3c(c1)CCO3)CC(C)(C)C2=O. The van der Waals surface area contributed by atoms with E-state index in [1.165, 1.54) is 6.26 Å². The molecule has 1 atom stereocenters. The van der Waals surface area contributed by atoms with E-state index in [4.69, 9.17) is 4.74 Å². The first-order chi connectivity index (χ1) is 17.4. The molecule has 7 heteroatoms. The third-order valence-corrected chi connectivity index (χ3v) is 8.61. The van der Waals surface area contributed by atoms with Crippen molar-refractivity contribution in [2.24, 2.45) is 5.41 Å². The van der Waals surface area contributed by atoms with E-state index in [9.17, 15) is 18.0 Å². The van der Waals surface area contributed by atoms with Crippen molar-refractivity contribution in [3.63, 3.8) is 0 Å². The van der Waals surface area contributed by atoms with Gasteiger partial charge < -0.3 is 10.1 Å². The summed E-state index contributed by atoms with van der Waals surface area (Å²) in [5.41, 5.74) is 5.88. The molecule has 1 N–H and O–H groups in total. The Kier molecular flexibility index (Phi) is 6.02. The van der Waals surface area contributed by atoms with E-state index in [1.807, 2.05) is 52.0 Å². The summed E-state index contributed by atoms with van der Waals surface area (Å²) in [7, 11) is -3.35. The van der Waals surface area contributed by atoms with Crippen LogP contribution in [0.15, 0.2) is 53.4 Å². The summed E-state index contributed by atoms with van der Waals surface area (Å²) >= 11 is 0. The summed E-state index contributed by atoms with van der Waals surface area (Å²) in [5, 5.41) is 3.21. The van der Waals surface area contributed by atoms with Crippen LogP contribution in [0.3, 0.4) is 0 Å². The number of hydrogen-bond donors (Lipinski definition) is 1. The van der Waals surface area contributed by atoms with E-state index in [-0.39, 0.29) is 16.6 Å². The number of ketones is 1. The molecule has 192 valence electrons. The molecule has 0 saturated carbocycles. The molecule has 0 spiro atoms. The molecule has 0 saturated heterocycles. The fourth-order valence-corrected chi connectivity index (χ4v) is 6.23. The molecule has 3 aromatic rings. The van der Waals surface area contributed by atoms with E-state index < -0.39 is 21.3 Å². The van der Waals surface area contributed by atoms with Crippen molar-refractivity contribution in [1.82, 2.24) is 5.32 Å². The number of nitrogens with one attached hydrogen (secondary N) is 1. The van der Waals surface area contributed by atoms with Crippen molar-refractivity contribution in [2.75, 3.05) is 12.9 Å². The Hall–Kier alpha value is -3.45. The zero-order valence-corrected chi connectivity index (χ0v) is 22.6. The second-order valence-corrected chi connectivity index (χ2v) is 12.9. The number of aryl methyl sites for hydroxylation is 2. The Morgan fingerprint density at radius 1 is 1.00 bits per heavy atom. The lowest BCUT2D eigenvalue weighted by Gasteiger charge is -2.23. The minimum absolute atomic E-state index is 0.0700. The highest BCUT2D eigenvalue weighted by Gasteiger charge is 2.41. The standard InChI is InChI=1S/C30H31NO5S/c1-17-14-18(2)26(23-16-30(3,4)28(32)25(17)23)29(33)31-27(19-6-9-22(10-7-19)37(5,34)35)21-8-11-24-20(15-21)12-13-36-24/h6-11,14-15,27H,12-13,16H2,1-5H3,(H,31,33). The van der Waals surface area contributed by atoms with Crippen LogP contribution in [0.4, 0.5) is 0 Å². The molecule has 37 heavy (non-hydrogen) atoms. The zero-order chi connectivity index (χ0) is 26.7. The summed E-state index contributed by atoms with van der Waals surface area (Å²) in [5.74, 6) is 0.656. The smallest absolute Gasteiger partial charge is 0.252 e. The van der Waals surface area contributed by atoms with Gasteiger partial charge in [0.2, 0.25) is 0 Å². The fourth-order valence-electron chi connectivity index (χ4n) is 5.60. The predicted molar refractivity (Wildman–Crippen MR) is 142 cm³/mol. The van der Waals surface area contributed by atoms with Crippen molar-refractivity contribution in [2.45, 2.75) is 51.5 Å². The summed E-state index contributed by atoms with van der Waals surface area (Å²) in [4.78, 5) is 27.3. The average Bonchev–Trinajstić information content (AvgIpc) is 3.38. The molecule has 5 rings (SSSR count). The highest BCUT2D eigenvalue weighted by atomic mass is 32.2. The third kappa shape index (κ3) is 4.46. The number of rotatable bonds is 5. The maximum absolute atomic E-state index is 13.9. The van der Waals surface area contributed by atoms with Crippen molar-refractivity contribution < 1.29 is 22.7 Å². The quantitative estimate of drug-likeness (QED) is 0.519. The predicted octanol–water partition coefficient (Wildman–Crippen LogP) is 4.93. The van der Waals surface area contributed by atoms with Gasteiger partial charge >= 0.3 is 0 Å². The Labute approximate surface area is 218 Å². The first-order valence-electron chi connectivity index (χ1n) is 12.4. The van der Waals surface area contributed by atoms with Gasteiger partial charge in [-0.2, -0.15) is 0 Å². The van der Waals surface area contributed by atoms with Gasteiger partial charge in [0, 0.05) is 29.2 Å². The number of ether oxygens (including phenoxy) is 1. The van der Waals surface area contributed by atoms with Gasteiger partial charge in [-0.1, -0.05) is 38.1 Å². The maximum atomic E-state index is 13.9. The summed E-state index contributed by atoms with van der Waals surface area (Å²) in [6.45, 7) is 8.29. The maximum Gasteiger partial charge on any atom is 0.252 e. The van der Waals surface area contributed by atoms with Crippen molar-refractivity contribution in [3.8, 4) is 5.75 Å². The van der Waals surface area contributed by atoms with Crippen LogP contribution in [0.5, 0.6) is 5.75 Å². The molecule has 3 aromatic carbocycles. The number of sulfone groups is 1. The molecule has 2 aliphatic rings. The molecular formula is C30H31NO5S. The molecular weight excluding hydrogens is 486 g/mol. The lowest BCUT2D eigenvalue weighted by Crippen LogP contribution is -2.31. The largest absolute Gasteiger partial charge is 0.493 e. The van der Waals surface area contributed by atoms with Gasteiger partial charge in [-0.25, -0.2) is 8.42 Å². The number of benzene rings is 3. The molecule has 0 aromatic heterocycles. The number of carbonyl (C=O) groups excluding carboxylic acids is 2. The van der Waals surface area contributed by atoms with Crippen LogP contribution in [-0.4, -0.2) is 33.0 Å². The number of Topliss-reactive ketones (excluding diaryl/α,β-unsaturated/α-hetero) is 1. The third-order valence-electron chi connectivity index (χ3n) is 7.48. The van der Waals surface area contributed by atoms with Crippen LogP contribution < -0.4 is 10.1 Å². The monoisotopic (exact) mass is 517 g/mol. The second kappa shape index (κ2) is 8.84. The summed E-state index contributed by atoms with van der Waals surface area (Å²) < 4.78 is 29.7. The minimum Gasteiger partial charge on any atom is -0.493 e.